The van der Waals surface area contributed by atoms with Crippen LogP contribution in [0.25, 0.3) is 0 Å². The van der Waals surface area contributed by atoms with Crippen LogP contribution < -0.4 is 0 Å². The first-order valence-corrected chi connectivity index (χ1v) is 6.59. The maximum absolute atomic E-state index is 5.07. The van der Waals surface area contributed by atoms with Crippen molar-refractivity contribution in [2.45, 2.75) is 19.1 Å². The number of furan rings is 1. The van der Waals surface area contributed by atoms with Crippen LogP contribution in [0.2, 0.25) is 0 Å². The molecule has 0 radical (unpaired) electrons. The molecule has 1 rings (SSSR count). The van der Waals surface area contributed by atoms with Crippen molar-refractivity contribution in [1.29, 1.82) is 0 Å². The van der Waals surface area contributed by atoms with E-state index in [9.17, 15) is 0 Å². The molecule has 0 aliphatic carbocycles. The van der Waals surface area contributed by atoms with E-state index in [1.54, 1.807) is 6.26 Å². The molecule has 0 spiro atoms. The number of rotatable bonds is 4. The van der Waals surface area contributed by atoms with Crippen LogP contribution in [0.3, 0.4) is 0 Å². The Morgan fingerprint density at radius 2 is 2.17 bits per heavy atom. The summed E-state index contributed by atoms with van der Waals surface area (Å²) in [6.07, 6.45) is 5.69. The summed E-state index contributed by atoms with van der Waals surface area (Å²) in [5.41, 5.74) is 1.30. The van der Waals surface area contributed by atoms with E-state index in [0.29, 0.717) is 11.2 Å². The quantitative estimate of drug-likeness (QED) is 0.685. The van der Waals surface area contributed by atoms with E-state index in [-0.39, 0.29) is 0 Å². The molecule has 1 aromatic rings. The molecule has 0 fully saturated rings. The molecule has 0 N–H and O–H groups in total. The van der Waals surface area contributed by atoms with Gasteiger partial charge in [-0.25, -0.2) is 0 Å². The van der Waals surface area contributed by atoms with E-state index < -0.39 is 0 Å². The highest BCUT2D eigenvalue weighted by molar-refractivity contribution is 8.76. The van der Waals surface area contributed by atoms with Gasteiger partial charge in [0.05, 0.1) is 12.5 Å². The molecule has 12 heavy (non-hydrogen) atoms. The van der Waals surface area contributed by atoms with Gasteiger partial charge in [0, 0.05) is 10.8 Å². The molecule has 1 heterocycles. The molecule has 68 valence electrons. The first-order chi connectivity index (χ1) is 5.75. The Kier molecular flexibility index (Phi) is 4.09. The molecule has 1 unspecified atom stereocenters. The third kappa shape index (κ3) is 2.49. The second-order valence-electron chi connectivity index (χ2n) is 2.98. The summed E-state index contributed by atoms with van der Waals surface area (Å²) in [6, 6.07) is 2.05. The Bertz CT molecular complexity index is 206. The number of hydrogen-bond acceptors (Lipinski definition) is 3. The van der Waals surface area contributed by atoms with Crippen LogP contribution in [-0.4, -0.2) is 6.26 Å². The Morgan fingerprint density at radius 3 is 2.58 bits per heavy atom. The van der Waals surface area contributed by atoms with Crippen molar-refractivity contribution in [1.82, 2.24) is 0 Å². The third-order valence-electron chi connectivity index (χ3n) is 1.68. The Morgan fingerprint density at radius 1 is 1.42 bits per heavy atom. The Balaban J connectivity index is 2.66. The number of hydrogen-bond donors (Lipinski definition) is 0. The molecule has 0 aliphatic heterocycles. The first-order valence-electron chi connectivity index (χ1n) is 3.97. The lowest BCUT2D eigenvalue weighted by molar-refractivity contribution is 0.556. The molecule has 0 bridgehead atoms. The van der Waals surface area contributed by atoms with Crippen LogP contribution in [0.15, 0.2) is 23.0 Å². The second-order valence-corrected chi connectivity index (χ2v) is 5.60. The SMILES string of the molecule is CSSC(c1ccoc1)C(C)C. The highest BCUT2D eigenvalue weighted by atomic mass is 33.1. The molecule has 0 aliphatic rings. The summed E-state index contributed by atoms with van der Waals surface area (Å²) < 4.78 is 5.07. The van der Waals surface area contributed by atoms with Crippen LogP contribution >= 0.6 is 21.6 Å². The molecular formula is C9H14OS2. The Labute approximate surface area is 81.7 Å². The average Bonchev–Trinajstić information content (AvgIpc) is 2.51. The van der Waals surface area contributed by atoms with Crippen LogP contribution in [0, 0.1) is 5.92 Å². The molecular weight excluding hydrogens is 188 g/mol. The fraction of sp³-hybridized carbons (Fsp3) is 0.556. The summed E-state index contributed by atoms with van der Waals surface area (Å²) in [4.78, 5) is 0. The summed E-state index contributed by atoms with van der Waals surface area (Å²) in [7, 11) is 3.71. The van der Waals surface area contributed by atoms with E-state index in [4.69, 9.17) is 4.42 Å². The fourth-order valence-electron chi connectivity index (χ4n) is 1.09. The molecule has 1 aromatic heterocycles. The summed E-state index contributed by atoms with van der Waals surface area (Å²) in [6.45, 7) is 4.47. The van der Waals surface area contributed by atoms with E-state index in [1.807, 2.05) is 33.9 Å². The lowest BCUT2D eigenvalue weighted by atomic mass is 10.1. The molecule has 0 aromatic carbocycles. The normalized spacial score (nSPS) is 13.7. The van der Waals surface area contributed by atoms with Crippen molar-refractivity contribution in [2.75, 3.05) is 6.26 Å². The van der Waals surface area contributed by atoms with Gasteiger partial charge in [-0.3, -0.25) is 0 Å². The minimum absolute atomic E-state index is 0.554. The molecule has 1 atom stereocenters. The van der Waals surface area contributed by atoms with Crippen molar-refractivity contribution >= 4 is 21.6 Å². The molecule has 1 nitrogen and oxygen atoms in total. The highest BCUT2D eigenvalue weighted by Crippen LogP contribution is 2.41. The zero-order chi connectivity index (χ0) is 8.97. The van der Waals surface area contributed by atoms with E-state index in [2.05, 4.69) is 20.1 Å². The molecule has 0 saturated carbocycles. The molecule has 0 saturated heterocycles. The lowest BCUT2D eigenvalue weighted by Gasteiger charge is -2.16. The summed E-state index contributed by atoms with van der Waals surface area (Å²) >= 11 is 0. The van der Waals surface area contributed by atoms with Crippen LogP contribution in [0.4, 0.5) is 0 Å². The predicted molar refractivity (Wildman–Crippen MR) is 57.4 cm³/mol. The minimum Gasteiger partial charge on any atom is -0.472 e. The predicted octanol–water partition coefficient (Wildman–Crippen LogP) is 3.99. The second kappa shape index (κ2) is 4.87. The van der Waals surface area contributed by atoms with Crippen molar-refractivity contribution in [3.05, 3.63) is 24.2 Å². The largest absolute Gasteiger partial charge is 0.472 e. The van der Waals surface area contributed by atoms with Crippen molar-refractivity contribution in [3.63, 3.8) is 0 Å². The monoisotopic (exact) mass is 202 g/mol. The maximum atomic E-state index is 5.07. The van der Waals surface area contributed by atoms with E-state index in [1.165, 1.54) is 5.56 Å². The zero-order valence-corrected chi connectivity index (χ0v) is 9.24. The van der Waals surface area contributed by atoms with Gasteiger partial charge in [0.15, 0.2) is 0 Å². The lowest BCUT2D eigenvalue weighted by Crippen LogP contribution is -1.99. The maximum Gasteiger partial charge on any atom is 0.0946 e. The first kappa shape index (κ1) is 10.1. The minimum atomic E-state index is 0.554. The summed E-state index contributed by atoms with van der Waals surface area (Å²) in [5.74, 6) is 0.653. The summed E-state index contributed by atoms with van der Waals surface area (Å²) in [5, 5.41) is 0.554. The highest BCUT2D eigenvalue weighted by Gasteiger charge is 2.16. The zero-order valence-electron chi connectivity index (χ0n) is 7.61. The van der Waals surface area contributed by atoms with Gasteiger partial charge in [0.1, 0.15) is 0 Å². The van der Waals surface area contributed by atoms with Crippen LogP contribution in [-0.2, 0) is 0 Å². The van der Waals surface area contributed by atoms with Gasteiger partial charge in [-0.15, -0.1) is 0 Å². The van der Waals surface area contributed by atoms with Crippen molar-refractivity contribution < 1.29 is 4.42 Å². The van der Waals surface area contributed by atoms with Gasteiger partial charge in [-0.2, -0.15) is 0 Å². The Hall–Kier alpha value is -0.0200. The molecule has 3 heteroatoms. The average molecular weight is 202 g/mol. The fourth-order valence-corrected chi connectivity index (χ4v) is 3.39. The standard InChI is InChI=1S/C9H14OS2/c1-7(2)9(12-11-3)8-4-5-10-6-8/h4-7,9H,1-3H3. The molecule has 0 amide bonds. The van der Waals surface area contributed by atoms with Crippen LogP contribution in [0.1, 0.15) is 24.7 Å². The van der Waals surface area contributed by atoms with E-state index in [0.717, 1.165) is 0 Å². The van der Waals surface area contributed by atoms with Gasteiger partial charge in [-0.1, -0.05) is 35.4 Å². The topological polar surface area (TPSA) is 13.1 Å². The smallest absolute Gasteiger partial charge is 0.0946 e. The van der Waals surface area contributed by atoms with Gasteiger partial charge < -0.3 is 4.42 Å². The van der Waals surface area contributed by atoms with Crippen molar-refractivity contribution in [2.24, 2.45) is 5.92 Å². The van der Waals surface area contributed by atoms with Crippen molar-refractivity contribution in [3.8, 4) is 0 Å². The third-order valence-corrected chi connectivity index (χ3v) is 4.09. The van der Waals surface area contributed by atoms with Gasteiger partial charge in [0.25, 0.3) is 0 Å². The van der Waals surface area contributed by atoms with E-state index >= 15 is 0 Å². The van der Waals surface area contributed by atoms with Crippen LogP contribution in [0.5, 0.6) is 0 Å². The van der Waals surface area contributed by atoms with Gasteiger partial charge in [0.2, 0.25) is 0 Å². The van der Waals surface area contributed by atoms with Gasteiger partial charge >= 0.3 is 0 Å². The van der Waals surface area contributed by atoms with Gasteiger partial charge in [-0.05, 0) is 18.2 Å².